The van der Waals surface area contributed by atoms with Gasteiger partial charge in [0.1, 0.15) is 0 Å². The number of ether oxygens (including phenoxy) is 2. The Labute approximate surface area is 66.3 Å². The molecule has 64 valence electrons. The maximum absolute atomic E-state index is 8.84. The Morgan fingerprint density at radius 2 is 2.36 bits per heavy atom. The van der Waals surface area contributed by atoms with Gasteiger partial charge in [-0.15, -0.1) is 0 Å². The second-order valence-electron chi connectivity index (χ2n) is 3.45. The molecule has 2 fully saturated rings. The molecular weight excluding hydrogens is 144 g/mol. The molecule has 1 N–H and O–H groups in total. The smallest absolute Gasteiger partial charge is 0.0942 e. The van der Waals surface area contributed by atoms with Crippen LogP contribution < -0.4 is 0 Å². The molecule has 0 radical (unpaired) electrons. The fourth-order valence-electron chi connectivity index (χ4n) is 1.90. The Bertz CT molecular complexity index is 140. The van der Waals surface area contributed by atoms with Crippen LogP contribution in [0, 0.1) is 0 Å². The maximum Gasteiger partial charge on any atom is 0.0942 e. The molecule has 2 aliphatic rings. The average molecular weight is 158 g/mol. The van der Waals surface area contributed by atoms with Gasteiger partial charge < -0.3 is 14.6 Å². The predicted molar refractivity (Wildman–Crippen MR) is 39.4 cm³/mol. The second kappa shape index (κ2) is 2.73. The van der Waals surface area contributed by atoms with Crippen LogP contribution in [-0.2, 0) is 9.47 Å². The van der Waals surface area contributed by atoms with Gasteiger partial charge in [0.15, 0.2) is 0 Å². The zero-order chi connectivity index (χ0) is 7.73. The first-order valence-electron chi connectivity index (χ1n) is 4.21. The molecule has 2 saturated heterocycles. The van der Waals surface area contributed by atoms with E-state index in [2.05, 4.69) is 0 Å². The minimum Gasteiger partial charge on any atom is -0.394 e. The summed E-state index contributed by atoms with van der Waals surface area (Å²) in [6.45, 7) is 1.70. The molecule has 2 heterocycles. The first kappa shape index (κ1) is 7.53. The van der Waals surface area contributed by atoms with Crippen molar-refractivity contribution in [1.82, 2.24) is 0 Å². The van der Waals surface area contributed by atoms with Gasteiger partial charge in [0.2, 0.25) is 0 Å². The van der Waals surface area contributed by atoms with E-state index in [4.69, 9.17) is 14.6 Å². The molecule has 0 aromatic rings. The Morgan fingerprint density at radius 3 is 2.91 bits per heavy atom. The molecule has 3 nitrogen and oxygen atoms in total. The molecule has 0 saturated carbocycles. The zero-order valence-electron chi connectivity index (χ0n) is 6.58. The van der Waals surface area contributed by atoms with Crippen LogP contribution in [0.25, 0.3) is 0 Å². The molecular formula is C8H14O3. The van der Waals surface area contributed by atoms with Crippen LogP contribution in [0.5, 0.6) is 0 Å². The largest absolute Gasteiger partial charge is 0.394 e. The van der Waals surface area contributed by atoms with Crippen molar-refractivity contribution >= 4 is 0 Å². The van der Waals surface area contributed by atoms with E-state index in [0.717, 1.165) is 32.5 Å². The van der Waals surface area contributed by atoms with Gasteiger partial charge in [-0.3, -0.25) is 0 Å². The summed E-state index contributed by atoms with van der Waals surface area (Å²) >= 11 is 0. The maximum atomic E-state index is 8.84. The van der Waals surface area contributed by atoms with Crippen molar-refractivity contribution in [2.75, 3.05) is 19.8 Å². The van der Waals surface area contributed by atoms with E-state index in [-0.39, 0.29) is 18.3 Å². The molecule has 2 aliphatic heterocycles. The lowest BCUT2D eigenvalue weighted by molar-refractivity contribution is -0.0608. The van der Waals surface area contributed by atoms with Gasteiger partial charge in [-0.05, 0) is 12.8 Å². The highest BCUT2D eigenvalue weighted by molar-refractivity contribution is 4.91. The Kier molecular flexibility index (Phi) is 1.87. The lowest BCUT2D eigenvalue weighted by atomic mass is 9.99. The highest BCUT2D eigenvalue weighted by Gasteiger charge is 2.42. The molecule has 0 bridgehead atoms. The lowest BCUT2D eigenvalue weighted by Gasteiger charge is -2.21. The SMILES string of the molecule is OC[C@H]1CC[C@@]2(CCOC2)O1. The highest BCUT2D eigenvalue weighted by atomic mass is 16.6. The minimum atomic E-state index is -0.0204. The van der Waals surface area contributed by atoms with Crippen molar-refractivity contribution in [1.29, 1.82) is 0 Å². The summed E-state index contributed by atoms with van der Waals surface area (Å²) in [6, 6.07) is 0. The molecule has 3 heteroatoms. The fourth-order valence-corrected chi connectivity index (χ4v) is 1.90. The molecule has 0 aromatic heterocycles. The van der Waals surface area contributed by atoms with Gasteiger partial charge in [0.25, 0.3) is 0 Å². The van der Waals surface area contributed by atoms with E-state index in [9.17, 15) is 0 Å². The van der Waals surface area contributed by atoms with Crippen molar-refractivity contribution in [2.45, 2.75) is 31.0 Å². The molecule has 0 aliphatic carbocycles. The molecule has 2 rings (SSSR count). The lowest BCUT2D eigenvalue weighted by Crippen LogP contribution is -2.30. The van der Waals surface area contributed by atoms with Gasteiger partial charge in [-0.2, -0.15) is 0 Å². The number of aliphatic hydroxyl groups excluding tert-OH is 1. The van der Waals surface area contributed by atoms with Crippen LogP contribution in [0.4, 0.5) is 0 Å². The third kappa shape index (κ3) is 1.28. The van der Waals surface area contributed by atoms with Crippen LogP contribution in [0.15, 0.2) is 0 Å². The summed E-state index contributed by atoms with van der Waals surface area (Å²) in [5, 5.41) is 8.84. The molecule has 2 atom stereocenters. The number of aliphatic hydroxyl groups is 1. The van der Waals surface area contributed by atoms with Crippen LogP contribution in [-0.4, -0.2) is 36.6 Å². The Balaban J connectivity index is 1.96. The van der Waals surface area contributed by atoms with E-state index in [1.807, 2.05) is 0 Å². The predicted octanol–water partition coefficient (Wildman–Crippen LogP) is 0.317. The van der Waals surface area contributed by atoms with E-state index < -0.39 is 0 Å². The minimum absolute atomic E-state index is 0.0204. The summed E-state index contributed by atoms with van der Waals surface area (Å²) in [5.41, 5.74) is -0.0204. The van der Waals surface area contributed by atoms with Crippen LogP contribution >= 0.6 is 0 Å². The fraction of sp³-hybridized carbons (Fsp3) is 1.00. The Morgan fingerprint density at radius 1 is 1.45 bits per heavy atom. The first-order valence-corrected chi connectivity index (χ1v) is 4.21. The standard InChI is InChI=1S/C8H14O3/c9-5-7-1-2-8(11-7)3-4-10-6-8/h7,9H,1-6H2/t7-,8+/m1/s1. The van der Waals surface area contributed by atoms with Crippen LogP contribution in [0.2, 0.25) is 0 Å². The van der Waals surface area contributed by atoms with Gasteiger partial charge in [0.05, 0.1) is 24.9 Å². The van der Waals surface area contributed by atoms with Crippen molar-refractivity contribution in [3.63, 3.8) is 0 Å². The monoisotopic (exact) mass is 158 g/mol. The summed E-state index contributed by atoms with van der Waals surface area (Å²) in [7, 11) is 0. The van der Waals surface area contributed by atoms with Crippen molar-refractivity contribution in [3.8, 4) is 0 Å². The van der Waals surface area contributed by atoms with Gasteiger partial charge >= 0.3 is 0 Å². The highest BCUT2D eigenvalue weighted by Crippen LogP contribution is 2.36. The second-order valence-corrected chi connectivity index (χ2v) is 3.45. The molecule has 0 unspecified atom stereocenters. The van der Waals surface area contributed by atoms with Gasteiger partial charge in [0, 0.05) is 13.0 Å². The van der Waals surface area contributed by atoms with Crippen molar-refractivity contribution < 1.29 is 14.6 Å². The first-order chi connectivity index (χ1) is 5.35. The van der Waals surface area contributed by atoms with Crippen molar-refractivity contribution in [3.05, 3.63) is 0 Å². The third-order valence-electron chi connectivity index (χ3n) is 2.61. The topological polar surface area (TPSA) is 38.7 Å². The Hall–Kier alpha value is -0.120. The number of rotatable bonds is 1. The van der Waals surface area contributed by atoms with Gasteiger partial charge in [-0.25, -0.2) is 0 Å². The normalized spacial score (nSPS) is 43.9. The van der Waals surface area contributed by atoms with Crippen LogP contribution in [0.1, 0.15) is 19.3 Å². The number of hydrogen-bond donors (Lipinski definition) is 1. The van der Waals surface area contributed by atoms with E-state index >= 15 is 0 Å². The van der Waals surface area contributed by atoms with E-state index in [1.165, 1.54) is 0 Å². The molecule has 11 heavy (non-hydrogen) atoms. The summed E-state index contributed by atoms with van der Waals surface area (Å²) < 4.78 is 11.0. The van der Waals surface area contributed by atoms with Crippen LogP contribution in [0.3, 0.4) is 0 Å². The third-order valence-corrected chi connectivity index (χ3v) is 2.61. The number of hydrogen-bond acceptors (Lipinski definition) is 3. The zero-order valence-corrected chi connectivity index (χ0v) is 6.58. The summed E-state index contributed by atoms with van der Waals surface area (Å²) in [4.78, 5) is 0. The molecule has 0 amide bonds. The molecule has 0 aromatic carbocycles. The summed E-state index contributed by atoms with van der Waals surface area (Å²) in [6.07, 6.45) is 3.11. The van der Waals surface area contributed by atoms with Crippen molar-refractivity contribution in [2.24, 2.45) is 0 Å². The summed E-state index contributed by atoms with van der Waals surface area (Å²) in [5.74, 6) is 0. The average Bonchev–Trinajstić information content (AvgIpc) is 2.62. The van der Waals surface area contributed by atoms with E-state index in [1.54, 1.807) is 0 Å². The molecule has 1 spiro atoms. The van der Waals surface area contributed by atoms with E-state index in [0.29, 0.717) is 0 Å². The quantitative estimate of drug-likeness (QED) is 0.597. The van der Waals surface area contributed by atoms with Gasteiger partial charge in [-0.1, -0.05) is 0 Å².